The zero-order chi connectivity index (χ0) is 20.8. The normalized spacial score (nSPS) is 15.2. The van der Waals surface area contributed by atoms with Crippen molar-refractivity contribution in [1.82, 2.24) is 9.97 Å². The molecule has 0 saturated heterocycles. The zero-order valence-electron chi connectivity index (χ0n) is 16.0. The number of ether oxygens (including phenoxy) is 2. The van der Waals surface area contributed by atoms with E-state index in [1.165, 1.54) is 11.3 Å². The molecule has 1 aliphatic heterocycles. The molecule has 3 N–H and O–H groups in total. The maximum atomic E-state index is 12.7. The third-order valence-electron chi connectivity index (χ3n) is 3.80. The highest BCUT2D eigenvalue weighted by atomic mass is 32.1. The molecule has 0 aliphatic carbocycles. The molecule has 0 saturated carbocycles. The van der Waals surface area contributed by atoms with Crippen LogP contribution < -0.4 is 15.4 Å². The van der Waals surface area contributed by atoms with Gasteiger partial charge in [0.15, 0.2) is 5.13 Å². The van der Waals surface area contributed by atoms with Crippen LogP contribution in [0.3, 0.4) is 0 Å². The molecule has 1 aliphatic rings. The van der Waals surface area contributed by atoms with Gasteiger partial charge in [0, 0.05) is 23.4 Å². The van der Waals surface area contributed by atoms with Gasteiger partial charge in [0.2, 0.25) is 5.88 Å². The minimum absolute atomic E-state index is 0.0201. The number of hydrogen-bond acceptors (Lipinski definition) is 8. The first kappa shape index (κ1) is 20.6. The lowest BCUT2D eigenvalue weighted by molar-refractivity contribution is -0.136. The van der Waals surface area contributed by atoms with Crippen LogP contribution in [-0.2, 0) is 16.0 Å². The predicted octanol–water partition coefficient (Wildman–Crippen LogP) is 2.92. The second kappa shape index (κ2) is 9.37. The molecule has 0 spiro atoms. The van der Waals surface area contributed by atoms with E-state index in [1.54, 1.807) is 23.8 Å². The van der Waals surface area contributed by atoms with Crippen LogP contribution in [0.25, 0.3) is 0 Å². The van der Waals surface area contributed by atoms with Gasteiger partial charge in [-0.3, -0.25) is 14.9 Å². The first-order chi connectivity index (χ1) is 13.9. The summed E-state index contributed by atoms with van der Waals surface area (Å²) in [4.78, 5) is 32.0. The Morgan fingerprint density at radius 3 is 2.90 bits per heavy atom. The first-order valence-corrected chi connectivity index (χ1v) is 9.97. The number of aromatic nitrogens is 2. The van der Waals surface area contributed by atoms with E-state index in [0.717, 1.165) is 6.42 Å². The number of anilines is 2. The first-order valence-electron chi connectivity index (χ1n) is 9.09. The van der Waals surface area contributed by atoms with Gasteiger partial charge >= 0.3 is 5.97 Å². The molecule has 3 heterocycles. The van der Waals surface area contributed by atoms with Crippen molar-refractivity contribution in [1.29, 1.82) is 0 Å². The Hall–Kier alpha value is -3.14. The molecule has 0 fully saturated rings. The molecular weight excluding hydrogens is 396 g/mol. The van der Waals surface area contributed by atoms with Crippen LogP contribution in [0.4, 0.5) is 10.9 Å². The molecule has 29 heavy (non-hydrogen) atoms. The van der Waals surface area contributed by atoms with E-state index in [-0.39, 0.29) is 24.5 Å². The summed E-state index contributed by atoms with van der Waals surface area (Å²) in [6.07, 6.45) is 4.15. The van der Waals surface area contributed by atoms with Crippen molar-refractivity contribution in [3.05, 3.63) is 41.1 Å². The van der Waals surface area contributed by atoms with Gasteiger partial charge < -0.3 is 19.9 Å². The summed E-state index contributed by atoms with van der Waals surface area (Å²) in [7, 11) is 0. The summed E-state index contributed by atoms with van der Waals surface area (Å²) in [6, 6.07) is 3.18. The Morgan fingerprint density at radius 1 is 1.38 bits per heavy atom. The minimum atomic E-state index is -0.977. The highest BCUT2D eigenvalue weighted by Gasteiger charge is 2.16. The number of pyridine rings is 1. The molecule has 2 aromatic rings. The summed E-state index contributed by atoms with van der Waals surface area (Å²) < 4.78 is 11.1. The number of carbonyl (C=O) groups excluding carboxylic acids is 1. The molecule has 1 unspecified atom stereocenters. The largest absolute Gasteiger partial charge is 0.496 e. The predicted molar refractivity (Wildman–Crippen MR) is 109 cm³/mol. The fraction of sp³-hybridized carbons (Fsp3) is 0.368. The van der Waals surface area contributed by atoms with Crippen molar-refractivity contribution in [2.75, 3.05) is 17.2 Å². The van der Waals surface area contributed by atoms with Crippen molar-refractivity contribution in [2.45, 2.75) is 38.9 Å². The number of nitrogens with one attached hydrogen (secondary N) is 2. The van der Waals surface area contributed by atoms with Crippen LogP contribution in [0.5, 0.6) is 5.88 Å². The van der Waals surface area contributed by atoms with Crippen LogP contribution in [0, 0.1) is 0 Å². The van der Waals surface area contributed by atoms with Crippen molar-refractivity contribution in [2.24, 2.45) is 0 Å². The van der Waals surface area contributed by atoms with E-state index >= 15 is 0 Å². The van der Waals surface area contributed by atoms with Gasteiger partial charge in [-0.25, -0.2) is 4.98 Å². The molecule has 1 atom stereocenters. The fourth-order valence-electron chi connectivity index (χ4n) is 2.58. The van der Waals surface area contributed by atoms with Crippen LogP contribution in [-0.4, -0.2) is 45.7 Å². The number of aliphatic carboxylic acids is 1. The molecule has 3 rings (SSSR count). The Kier molecular flexibility index (Phi) is 6.65. The summed E-state index contributed by atoms with van der Waals surface area (Å²) in [6.45, 7) is 4.29. The number of hydrogen-bond donors (Lipinski definition) is 3. The number of carboxylic acids is 1. The monoisotopic (exact) mass is 418 g/mol. The average Bonchev–Trinajstić information content (AvgIpc) is 3.31. The second-order valence-electron chi connectivity index (χ2n) is 6.66. The van der Waals surface area contributed by atoms with Gasteiger partial charge in [-0.1, -0.05) is 0 Å². The molecule has 0 radical (unpaired) electrons. The van der Waals surface area contributed by atoms with Crippen LogP contribution in [0.2, 0.25) is 0 Å². The van der Waals surface area contributed by atoms with Gasteiger partial charge in [0.1, 0.15) is 11.9 Å². The standard InChI is InChI=1S/C19H22N4O5S/c1-11(2)28-16-7-12(6-15(22-16)20-9-14-4-3-5-27-14)18(26)23-19-21-13(10-29-19)8-17(24)25/h3,5-7,10-11,14H,4,8-9H2,1-2H3,(H,20,22)(H,24,25)(H,21,23,26). The van der Waals surface area contributed by atoms with E-state index in [4.69, 9.17) is 14.6 Å². The van der Waals surface area contributed by atoms with Crippen molar-refractivity contribution in [3.63, 3.8) is 0 Å². The lowest BCUT2D eigenvalue weighted by atomic mass is 10.2. The smallest absolute Gasteiger partial charge is 0.309 e. The molecular formula is C19H22N4O5S. The maximum Gasteiger partial charge on any atom is 0.309 e. The summed E-state index contributed by atoms with van der Waals surface area (Å²) >= 11 is 1.17. The lowest BCUT2D eigenvalue weighted by Crippen LogP contribution is -2.20. The third-order valence-corrected chi connectivity index (χ3v) is 4.61. The molecule has 0 aromatic carbocycles. The van der Waals surface area contributed by atoms with Gasteiger partial charge in [0.25, 0.3) is 5.91 Å². The van der Waals surface area contributed by atoms with E-state index in [1.807, 2.05) is 19.9 Å². The van der Waals surface area contributed by atoms with Gasteiger partial charge in [-0.2, -0.15) is 4.98 Å². The van der Waals surface area contributed by atoms with E-state index in [0.29, 0.717) is 34.6 Å². The quantitative estimate of drug-likeness (QED) is 0.568. The molecule has 9 nitrogen and oxygen atoms in total. The number of carbonyl (C=O) groups is 2. The van der Waals surface area contributed by atoms with E-state index in [2.05, 4.69) is 20.6 Å². The fourth-order valence-corrected chi connectivity index (χ4v) is 3.28. The Bertz CT molecular complexity index is 904. The lowest BCUT2D eigenvalue weighted by Gasteiger charge is -2.15. The van der Waals surface area contributed by atoms with Crippen molar-refractivity contribution in [3.8, 4) is 5.88 Å². The molecule has 0 bridgehead atoms. The van der Waals surface area contributed by atoms with Crippen LogP contribution >= 0.6 is 11.3 Å². The highest BCUT2D eigenvalue weighted by molar-refractivity contribution is 7.14. The topological polar surface area (TPSA) is 123 Å². The van der Waals surface area contributed by atoms with Gasteiger partial charge in [0.05, 0.1) is 31.0 Å². The summed E-state index contributed by atoms with van der Waals surface area (Å²) in [5, 5.41) is 16.6. The molecule has 10 heteroatoms. The Morgan fingerprint density at radius 2 is 2.21 bits per heavy atom. The second-order valence-corrected chi connectivity index (χ2v) is 7.52. The van der Waals surface area contributed by atoms with E-state index < -0.39 is 5.97 Å². The van der Waals surface area contributed by atoms with Crippen LogP contribution in [0.15, 0.2) is 29.9 Å². The SMILES string of the molecule is CC(C)Oc1cc(C(=O)Nc2nc(CC(=O)O)cs2)cc(NCC2CC=CO2)n1. The number of thiazole rings is 1. The van der Waals surface area contributed by atoms with E-state index in [9.17, 15) is 9.59 Å². The molecule has 2 aromatic heterocycles. The molecule has 154 valence electrons. The number of carboxylic acid groups (broad SMARTS) is 1. The summed E-state index contributed by atoms with van der Waals surface area (Å²) in [5.74, 6) is -0.546. The number of amides is 1. The third kappa shape index (κ3) is 6.18. The van der Waals surface area contributed by atoms with Crippen molar-refractivity contribution >= 4 is 34.2 Å². The zero-order valence-corrected chi connectivity index (χ0v) is 16.9. The number of rotatable bonds is 9. The Balaban J connectivity index is 1.72. The average molecular weight is 418 g/mol. The molecule has 1 amide bonds. The van der Waals surface area contributed by atoms with Gasteiger partial charge in [-0.05, 0) is 26.0 Å². The highest BCUT2D eigenvalue weighted by Crippen LogP contribution is 2.21. The maximum absolute atomic E-state index is 12.7. The van der Waals surface area contributed by atoms with Gasteiger partial charge in [-0.15, -0.1) is 11.3 Å². The minimum Gasteiger partial charge on any atom is -0.496 e. The number of nitrogens with zero attached hydrogens (tertiary/aromatic N) is 2. The van der Waals surface area contributed by atoms with Crippen LogP contribution in [0.1, 0.15) is 36.3 Å². The summed E-state index contributed by atoms with van der Waals surface area (Å²) in [5.41, 5.74) is 0.738. The Labute approximate surface area is 171 Å². The van der Waals surface area contributed by atoms with Crippen molar-refractivity contribution < 1.29 is 24.2 Å².